The minimum Gasteiger partial charge on any atom is -0.465 e. The van der Waals surface area contributed by atoms with Gasteiger partial charge in [-0.2, -0.15) is 5.10 Å². The van der Waals surface area contributed by atoms with Gasteiger partial charge in [-0.3, -0.25) is 9.58 Å². The first-order valence-corrected chi connectivity index (χ1v) is 8.33. The first kappa shape index (κ1) is 16.0. The zero-order valence-corrected chi connectivity index (χ0v) is 14.7. The lowest BCUT2D eigenvalue weighted by Gasteiger charge is -2.35. The molecule has 1 unspecified atom stereocenters. The second kappa shape index (κ2) is 6.45. The molecule has 1 atom stereocenters. The maximum atomic E-state index is 5.77. The van der Waals surface area contributed by atoms with Gasteiger partial charge in [0.05, 0.1) is 37.6 Å². The van der Waals surface area contributed by atoms with Gasteiger partial charge in [0.25, 0.3) is 0 Å². The predicted octanol–water partition coefficient (Wildman–Crippen LogP) is 1.61. The van der Waals surface area contributed by atoms with E-state index >= 15 is 0 Å². The fourth-order valence-electron chi connectivity index (χ4n) is 3.35. The topological polar surface area (TPSA) is 74.1 Å². The molecule has 25 heavy (non-hydrogen) atoms. The summed E-state index contributed by atoms with van der Waals surface area (Å²) < 4.78 is 14.9. The van der Waals surface area contributed by atoms with Crippen molar-refractivity contribution in [2.45, 2.75) is 32.6 Å². The van der Waals surface area contributed by atoms with Crippen molar-refractivity contribution in [2.75, 3.05) is 13.7 Å². The molecule has 4 heterocycles. The molecule has 0 aromatic carbocycles. The van der Waals surface area contributed by atoms with Crippen molar-refractivity contribution < 1.29 is 9.15 Å². The van der Waals surface area contributed by atoms with Crippen molar-refractivity contribution in [1.29, 1.82) is 0 Å². The van der Waals surface area contributed by atoms with Gasteiger partial charge >= 0.3 is 0 Å². The molecule has 0 fully saturated rings. The average molecular weight is 342 g/mol. The van der Waals surface area contributed by atoms with Crippen LogP contribution < -0.4 is 0 Å². The van der Waals surface area contributed by atoms with Crippen LogP contribution in [0.4, 0.5) is 0 Å². The second-order valence-electron chi connectivity index (χ2n) is 6.50. The lowest BCUT2D eigenvalue weighted by atomic mass is 10.1. The van der Waals surface area contributed by atoms with E-state index in [1.54, 1.807) is 11.8 Å². The van der Waals surface area contributed by atoms with Crippen molar-refractivity contribution >= 4 is 0 Å². The second-order valence-corrected chi connectivity index (χ2v) is 6.50. The van der Waals surface area contributed by atoms with Gasteiger partial charge in [-0.05, 0) is 19.1 Å². The number of fused-ring (bicyclic) bond motifs is 1. The molecule has 1 aliphatic rings. The van der Waals surface area contributed by atoms with Gasteiger partial charge in [0.1, 0.15) is 17.2 Å². The quantitative estimate of drug-likeness (QED) is 0.701. The van der Waals surface area contributed by atoms with Crippen LogP contribution in [0.15, 0.2) is 28.9 Å². The highest BCUT2D eigenvalue weighted by Crippen LogP contribution is 2.27. The Kier molecular flexibility index (Phi) is 4.14. The van der Waals surface area contributed by atoms with Crippen LogP contribution in [0.1, 0.15) is 17.2 Å². The smallest absolute Gasteiger partial charge is 0.120 e. The van der Waals surface area contributed by atoms with E-state index in [0.717, 1.165) is 48.1 Å². The van der Waals surface area contributed by atoms with Crippen LogP contribution in [0, 0.1) is 6.92 Å². The van der Waals surface area contributed by atoms with Crippen molar-refractivity contribution in [3.8, 4) is 11.3 Å². The molecule has 8 nitrogen and oxygen atoms in total. The third kappa shape index (κ3) is 3.10. The molecule has 132 valence electrons. The van der Waals surface area contributed by atoms with Gasteiger partial charge in [0, 0.05) is 32.5 Å². The molecule has 0 spiro atoms. The van der Waals surface area contributed by atoms with Crippen molar-refractivity contribution in [3.63, 3.8) is 0 Å². The lowest BCUT2D eigenvalue weighted by Crippen LogP contribution is -2.45. The zero-order valence-electron chi connectivity index (χ0n) is 14.7. The number of hydrogen-bond acceptors (Lipinski definition) is 6. The number of aryl methyl sites for hydroxylation is 2. The number of rotatable bonds is 5. The van der Waals surface area contributed by atoms with E-state index in [2.05, 4.69) is 20.3 Å². The van der Waals surface area contributed by atoms with E-state index in [-0.39, 0.29) is 6.04 Å². The summed E-state index contributed by atoms with van der Waals surface area (Å²) in [6.45, 7) is 4.83. The molecule has 8 heteroatoms. The molecule has 0 amide bonds. The van der Waals surface area contributed by atoms with Gasteiger partial charge in [0.2, 0.25) is 0 Å². The number of furan rings is 1. The van der Waals surface area contributed by atoms with Crippen LogP contribution in [0.5, 0.6) is 0 Å². The van der Waals surface area contributed by atoms with Crippen molar-refractivity contribution in [1.82, 2.24) is 29.7 Å². The molecule has 0 N–H and O–H groups in total. The first-order valence-electron chi connectivity index (χ1n) is 8.33. The third-order valence-electron chi connectivity index (χ3n) is 4.58. The summed E-state index contributed by atoms with van der Waals surface area (Å²) in [6.07, 6.45) is 3.79. The van der Waals surface area contributed by atoms with E-state index < -0.39 is 0 Å². The predicted molar refractivity (Wildman–Crippen MR) is 90.6 cm³/mol. The Balaban J connectivity index is 1.64. The van der Waals surface area contributed by atoms with Crippen LogP contribution in [0.25, 0.3) is 11.3 Å². The molecule has 0 aliphatic carbocycles. The Morgan fingerprint density at radius 3 is 2.92 bits per heavy atom. The highest BCUT2D eigenvalue weighted by molar-refractivity contribution is 5.59. The fourth-order valence-corrected chi connectivity index (χ4v) is 3.35. The standard InChI is InChI=1S/C17H22N6O2/c1-12-4-5-15(25-12)9-22-10-16-17(13-6-18-21(2)7-13)19-20-23(16)8-14(22)11-24-3/h4-7,14H,8-11H2,1-3H3. The Labute approximate surface area is 146 Å². The normalized spacial score (nSPS) is 17.8. The molecule has 0 radical (unpaired) electrons. The fraction of sp³-hybridized carbons (Fsp3) is 0.471. The molecule has 4 rings (SSSR count). The van der Waals surface area contributed by atoms with Gasteiger partial charge in [0.15, 0.2) is 0 Å². The van der Waals surface area contributed by atoms with Gasteiger partial charge < -0.3 is 9.15 Å². The molecule has 0 saturated carbocycles. The van der Waals surface area contributed by atoms with Gasteiger partial charge in [-0.15, -0.1) is 5.10 Å². The number of ether oxygens (including phenoxy) is 1. The Hall–Kier alpha value is -2.45. The van der Waals surface area contributed by atoms with Gasteiger partial charge in [-0.25, -0.2) is 4.68 Å². The molecule has 1 aliphatic heterocycles. The van der Waals surface area contributed by atoms with E-state index in [4.69, 9.17) is 9.15 Å². The largest absolute Gasteiger partial charge is 0.465 e. The maximum Gasteiger partial charge on any atom is 0.120 e. The summed E-state index contributed by atoms with van der Waals surface area (Å²) in [5.74, 6) is 1.89. The van der Waals surface area contributed by atoms with Crippen LogP contribution in [0.2, 0.25) is 0 Å². The minimum atomic E-state index is 0.228. The average Bonchev–Trinajstić information content (AvgIpc) is 3.28. The van der Waals surface area contributed by atoms with E-state index in [0.29, 0.717) is 6.61 Å². The maximum absolute atomic E-state index is 5.77. The summed E-state index contributed by atoms with van der Waals surface area (Å²) in [6, 6.07) is 4.26. The number of nitrogens with zero attached hydrogens (tertiary/aromatic N) is 6. The van der Waals surface area contributed by atoms with Crippen LogP contribution in [-0.2, 0) is 31.4 Å². The SMILES string of the molecule is COCC1Cn2nnc(-c3cnn(C)c3)c2CN1Cc1ccc(C)o1. The lowest BCUT2D eigenvalue weighted by molar-refractivity contribution is 0.0460. The Morgan fingerprint density at radius 2 is 2.24 bits per heavy atom. The van der Waals surface area contributed by atoms with E-state index in [1.807, 2.05) is 43.2 Å². The minimum absolute atomic E-state index is 0.228. The summed E-state index contributed by atoms with van der Waals surface area (Å²) in [5, 5.41) is 13.0. The van der Waals surface area contributed by atoms with Gasteiger partial charge in [-0.1, -0.05) is 5.21 Å². The molecule has 3 aromatic rings. The number of aromatic nitrogens is 5. The molecular weight excluding hydrogens is 320 g/mol. The Bertz CT molecular complexity index is 864. The van der Waals surface area contributed by atoms with Crippen LogP contribution in [0.3, 0.4) is 0 Å². The molecule has 0 bridgehead atoms. The highest BCUT2D eigenvalue weighted by Gasteiger charge is 2.30. The summed E-state index contributed by atoms with van der Waals surface area (Å²) in [7, 11) is 3.63. The molecule has 0 saturated heterocycles. The zero-order chi connectivity index (χ0) is 17.4. The highest BCUT2D eigenvalue weighted by atomic mass is 16.5. The van der Waals surface area contributed by atoms with Crippen molar-refractivity contribution in [3.05, 3.63) is 41.7 Å². The Morgan fingerprint density at radius 1 is 1.36 bits per heavy atom. The van der Waals surface area contributed by atoms with Crippen LogP contribution >= 0.6 is 0 Å². The third-order valence-corrected chi connectivity index (χ3v) is 4.58. The summed E-state index contributed by atoms with van der Waals surface area (Å²) in [5.41, 5.74) is 2.98. The number of methoxy groups -OCH3 is 1. The molecule has 3 aromatic heterocycles. The van der Waals surface area contributed by atoms with E-state index in [1.165, 1.54) is 0 Å². The summed E-state index contributed by atoms with van der Waals surface area (Å²) in [4.78, 5) is 2.36. The van der Waals surface area contributed by atoms with Crippen LogP contribution in [-0.4, -0.2) is 49.4 Å². The van der Waals surface area contributed by atoms with E-state index in [9.17, 15) is 0 Å². The van der Waals surface area contributed by atoms with Crippen molar-refractivity contribution in [2.24, 2.45) is 7.05 Å². The first-order chi connectivity index (χ1) is 12.1. The summed E-state index contributed by atoms with van der Waals surface area (Å²) >= 11 is 0. The number of hydrogen-bond donors (Lipinski definition) is 0. The molecular formula is C17H22N6O2. The monoisotopic (exact) mass is 342 g/mol.